The molecule has 0 radical (unpaired) electrons. The molecule has 0 fully saturated rings. The number of rotatable bonds is 2. The smallest absolute Gasteiger partial charge is 0.105 e. The van der Waals surface area contributed by atoms with E-state index in [9.17, 15) is 0 Å². The van der Waals surface area contributed by atoms with Crippen molar-refractivity contribution in [2.24, 2.45) is 0 Å². The third kappa shape index (κ3) is 3.22. The summed E-state index contributed by atoms with van der Waals surface area (Å²) in [7, 11) is 2.29. The SMILES string of the molecule is C/C(Cl)=C\C[N+]1(C)Cc2ccccc2C1.[I-]. The van der Waals surface area contributed by atoms with Crippen LogP contribution in [0, 0.1) is 0 Å². The Morgan fingerprint density at radius 1 is 1.31 bits per heavy atom. The van der Waals surface area contributed by atoms with Crippen molar-refractivity contribution in [2.45, 2.75) is 20.0 Å². The summed E-state index contributed by atoms with van der Waals surface area (Å²) < 4.78 is 1.05. The summed E-state index contributed by atoms with van der Waals surface area (Å²) >= 11 is 5.88. The van der Waals surface area contributed by atoms with E-state index in [0.717, 1.165) is 29.1 Å². The zero-order chi connectivity index (χ0) is 10.9. The highest BCUT2D eigenvalue weighted by Gasteiger charge is 2.30. The molecule has 0 aliphatic carbocycles. The summed E-state index contributed by atoms with van der Waals surface area (Å²) in [5.74, 6) is 0. The highest BCUT2D eigenvalue weighted by atomic mass is 127. The first-order valence-corrected chi connectivity index (χ1v) is 5.69. The average molecular weight is 350 g/mol. The van der Waals surface area contributed by atoms with Gasteiger partial charge in [-0.25, -0.2) is 0 Å². The Bertz CT molecular complexity index is 372. The van der Waals surface area contributed by atoms with E-state index in [-0.39, 0.29) is 24.0 Å². The lowest BCUT2D eigenvalue weighted by molar-refractivity contribution is -0.923. The second-order valence-electron chi connectivity index (χ2n) is 4.68. The highest BCUT2D eigenvalue weighted by Crippen LogP contribution is 2.28. The van der Waals surface area contributed by atoms with Crippen LogP contribution in [-0.4, -0.2) is 18.1 Å². The predicted molar refractivity (Wildman–Crippen MR) is 64.5 cm³/mol. The maximum absolute atomic E-state index is 5.88. The second-order valence-corrected chi connectivity index (χ2v) is 5.27. The summed E-state index contributed by atoms with van der Waals surface area (Å²) in [6.07, 6.45) is 2.12. The minimum Gasteiger partial charge on any atom is -1.00 e. The molecular formula is C13H17ClIN. The van der Waals surface area contributed by atoms with E-state index in [2.05, 4.69) is 37.4 Å². The van der Waals surface area contributed by atoms with Gasteiger partial charge in [0.15, 0.2) is 0 Å². The van der Waals surface area contributed by atoms with Crippen molar-refractivity contribution in [3.8, 4) is 0 Å². The molecule has 0 atom stereocenters. The van der Waals surface area contributed by atoms with Gasteiger partial charge in [-0.05, 0) is 13.0 Å². The number of likely N-dealkylation sites (N-methyl/N-ethyl adjacent to an activating group) is 1. The number of fused-ring (bicyclic) bond motifs is 1. The molecule has 1 aliphatic rings. The third-order valence-electron chi connectivity index (χ3n) is 3.04. The minimum absolute atomic E-state index is 0. The first kappa shape index (κ1) is 14.0. The lowest BCUT2D eigenvalue weighted by Crippen LogP contribution is -3.00. The van der Waals surface area contributed by atoms with Gasteiger partial charge in [0.2, 0.25) is 0 Å². The molecule has 16 heavy (non-hydrogen) atoms. The van der Waals surface area contributed by atoms with Gasteiger partial charge in [0.1, 0.15) is 13.1 Å². The van der Waals surface area contributed by atoms with Crippen molar-refractivity contribution in [1.29, 1.82) is 0 Å². The quantitative estimate of drug-likeness (QED) is 0.532. The van der Waals surface area contributed by atoms with E-state index in [1.807, 2.05) is 6.92 Å². The van der Waals surface area contributed by atoms with Gasteiger partial charge in [-0.15, -0.1) is 0 Å². The Morgan fingerprint density at radius 2 is 1.81 bits per heavy atom. The van der Waals surface area contributed by atoms with Crippen molar-refractivity contribution in [3.63, 3.8) is 0 Å². The average Bonchev–Trinajstić information content (AvgIpc) is 2.52. The van der Waals surface area contributed by atoms with Crippen LogP contribution in [0.5, 0.6) is 0 Å². The van der Waals surface area contributed by atoms with Crippen LogP contribution in [0.25, 0.3) is 0 Å². The van der Waals surface area contributed by atoms with Crippen LogP contribution in [0.4, 0.5) is 0 Å². The Morgan fingerprint density at radius 3 is 2.25 bits per heavy atom. The second kappa shape index (κ2) is 5.52. The van der Waals surface area contributed by atoms with E-state index >= 15 is 0 Å². The lowest BCUT2D eigenvalue weighted by Gasteiger charge is -2.27. The molecule has 1 heterocycles. The summed E-state index contributed by atoms with van der Waals surface area (Å²) in [5.41, 5.74) is 2.97. The maximum Gasteiger partial charge on any atom is 0.105 e. The fourth-order valence-corrected chi connectivity index (χ4v) is 2.29. The van der Waals surface area contributed by atoms with Crippen molar-refractivity contribution >= 4 is 11.6 Å². The fraction of sp³-hybridized carbons (Fsp3) is 0.385. The van der Waals surface area contributed by atoms with Crippen LogP contribution in [0.2, 0.25) is 0 Å². The van der Waals surface area contributed by atoms with Crippen LogP contribution in [0.15, 0.2) is 35.4 Å². The Hall–Kier alpha value is -0.0600. The van der Waals surface area contributed by atoms with Gasteiger partial charge in [0.05, 0.1) is 13.6 Å². The van der Waals surface area contributed by atoms with Gasteiger partial charge in [-0.2, -0.15) is 0 Å². The first-order valence-electron chi connectivity index (χ1n) is 5.32. The normalized spacial score (nSPS) is 17.8. The molecule has 3 heteroatoms. The monoisotopic (exact) mass is 349 g/mol. The van der Waals surface area contributed by atoms with Crippen LogP contribution < -0.4 is 24.0 Å². The molecule has 0 bridgehead atoms. The lowest BCUT2D eigenvalue weighted by atomic mass is 10.1. The number of quaternary nitrogens is 1. The molecule has 0 spiro atoms. The number of benzene rings is 1. The van der Waals surface area contributed by atoms with Crippen LogP contribution in [-0.2, 0) is 13.1 Å². The van der Waals surface area contributed by atoms with Gasteiger partial charge >= 0.3 is 0 Å². The van der Waals surface area contributed by atoms with E-state index in [4.69, 9.17) is 11.6 Å². The van der Waals surface area contributed by atoms with Crippen LogP contribution >= 0.6 is 11.6 Å². The molecular weight excluding hydrogens is 333 g/mol. The molecule has 0 aromatic heterocycles. The van der Waals surface area contributed by atoms with E-state index in [0.29, 0.717) is 0 Å². The van der Waals surface area contributed by atoms with Crippen LogP contribution in [0.3, 0.4) is 0 Å². The van der Waals surface area contributed by atoms with Crippen molar-refractivity contribution in [2.75, 3.05) is 13.6 Å². The molecule has 1 aromatic rings. The molecule has 2 rings (SSSR count). The van der Waals surface area contributed by atoms with Crippen molar-refractivity contribution < 1.29 is 28.5 Å². The largest absolute Gasteiger partial charge is 1.00 e. The Kier molecular flexibility index (Phi) is 4.83. The van der Waals surface area contributed by atoms with Gasteiger partial charge in [0, 0.05) is 16.2 Å². The van der Waals surface area contributed by atoms with Gasteiger partial charge in [0.25, 0.3) is 0 Å². The topological polar surface area (TPSA) is 0 Å². The number of halogens is 2. The Labute approximate surface area is 120 Å². The third-order valence-corrected chi connectivity index (χ3v) is 3.19. The molecule has 0 saturated carbocycles. The standard InChI is InChI=1S/C13H17ClN.HI/c1-11(14)7-8-15(2)9-12-5-3-4-6-13(12)10-15;/h3-7H,8-10H2,1-2H3;1H/q+1;/p-1/b11-7+;. The minimum atomic E-state index is 0. The summed E-state index contributed by atoms with van der Waals surface area (Å²) in [4.78, 5) is 0. The maximum atomic E-state index is 5.88. The van der Waals surface area contributed by atoms with E-state index in [1.165, 1.54) is 11.1 Å². The van der Waals surface area contributed by atoms with Gasteiger partial charge in [-0.1, -0.05) is 35.9 Å². The molecule has 0 unspecified atom stereocenters. The molecule has 1 aromatic carbocycles. The number of hydrogen-bond acceptors (Lipinski definition) is 0. The zero-order valence-corrected chi connectivity index (χ0v) is 12.6. The van der Waals surface area contributed by atoms with Crippen molar-refractivity contribution in [3.05, 3.63) is 46.5 Å². The molecule has 88 valence electrons. The summed E-state index contributed by atoms with van der Waals surface area (Å²) in [6, 6.07) is 8.71. The summed E-state index contributed by atoms with van der Waals surface area (Å²) in [6.45, 7) is 5.20. The number of nitrogens with zero attached hydrogens (tertiary/aromatic N) is 1. The fourth-order valence-electron chi connectivity index (χ4n) is 2.22. The molecule has 0 amide bonds. The van der Waals surface area contributed by atoms with Crippen LogP contribution in [0.1, 0.15) is 18.1 Å². The highest BCUT2D eigenvalue weighted by molar-refractivity contribution is 6.29. The molecule has 1 nitrogen and oxygen atoms in total. The van der Waals surface area contributed by atoms with Crippen molar-refractivity contribution in [1.82, 2.24) is 0 Å². The zero-order valence-electron chi connectivity index (χ0n) is 9.71. The number of hydrogen-bond donors (Lipinski definition) is 0. The predicted octanol–water partition coefficient (Wildman–Crippen LogP) is 0.293. The van der Waals surface area contributed by atoms with E-state index < -0.39 is 0 Å². The first-order chi connectivity index (χ1) is 7.09. The van der Waals surface area contributed by atoms with Gasteiger partial charge in [-0.3, -0.25) is 0 Å². The molecule has 0 saturated heterocycles. The number of allylic oxidation sites excluding steroid dienone is 1. The van der Waals surface area contributed by atoms with E-state index in [1.54, 1.807) is 0 Å². The Balaban J connectivity index is 0.00000128. The summed E-state index contributed by atoms with van der Waals surface area (Å²) in [5, 5.41) is 0.894. The van der Waals surface area contributed by atoms with Gasteiger partial charge < -0.3 is 28.5 Å². The molecule has 0 N–H and O–H groups in total. The molecule has 1 aliphatic heterocycles.